The molecule has 1 unspecified atom stereocenters. The molecule has 0 aliphatic rings. The zero-order valence-electron chi connectivity index (χ0n) is 5.94. The van der Waals surface area contributed by atoms with Crippen LogP contribution in [-0.4, -0.2) is 25.2 Å². The zero-order chi connectivity index (χ0) is 7.33. The van der Waals surface area contributed by atoms with Crippen LogP contribution < -0.4 is 34.5 Å². The molecule has 0 bridgehead atoms. The smallest absolute Gasteiger partial charge is 0.756 e. The minimum absolute atomic E-state index is 0. The average Bonchev–Trinajstić information content (AvgIpc) is 1.63. The molecule has 0 saturated carbocycles. The van der Waals surface area contributed by atoms with Gasteiger partial charge in [-0.3, -0.25) is 4.57 Å². The summed E-state index contributed by atoms with van der Waals surface area (Å²) in [5, 5.41) is 0. The molecule has 0 heterocycles. The van der Waals surface area contributed by atoms with Gasteiger partial charge in [0.1, 0.15) is 0 Å². The average molecular weight is 178 g/mol. The van der Waals surface area contributed by atoms with Gasteiger partial charge in [-0.05, 0) is 0 Å². The van der Waals surface area contributed by atoms with Crippen LogP contribution in [0.15, 0.2) is 0 Å². The van der Waals surface area contributed by atoms with Gasteiger partial charge in [-0.1, -0.05) is 0 Å². The van der Waals surface area contributed by atoms with Crippen molar-refractivity contribution in [1.29, 1.82) is 0 Å². The molecular weight excluding hydrogens is 170 g/mol. The molecule has 0 aliphatic heterocycles. The first-order valence-electron chi connectivity index (χ1n) is 2.23. The van der Waals surface area contributed by atoms with Gasteiger partial charge in [-0.25, -0.2) is 0 Å². The van der Waals surface area contributed by atoms with Crippen molar-refractivity contribution in [3.8, 4) is 0 Å². The first-order chi connectivity index (χ1) is 4.06. The fourth-order valence-electron chi connectivity index (χ4n) is 0.236. The Morgan fingerprint density at radius 2 is 2.10 bits per heavy atom. The molecule has 0 saturated heterocycles. The van der Waals surface area contributed by atoms with Gasteiger partial charge in [0.05, 0.1) is 13.2 Å². The van der Waals surface area contributed by atoms with E-state index in [-0.39, 0.29) is 42.8 Å². The van der Waals surface area contributed by atoms with E-state index in [4.69, 9.17) is 4.89 Å². The maximum atomic E-state index is 9.81. The Hall–Kier alpha value is 1.07. The van der Waals surface area contributed by atoms with Gasteiger partial charge < -0.3 is 19.0 Å². The van der Waals surface area contributed by atoms with Crippen LogP contribution in [0.25, 0.3) is 0 Å². The number of phosphoric ester groups is 1. The molecule has 10 heavy (non-hydrogen) atoms. The molecule has 0 radical (unpaired) electrons. The fraction of sp³-hybridized carbons (Fsp3) is 1.00. The Balaban J connectivity index is 0. The monoisotopic (exact) mass is 178 g/mol. The third-order valence-corrected chi connectivity index (χ3v) is 1.05. The van der Waals surface area contributed by atoms with E-state index in [1.807, 2.05) is 0 Å². The molecule has 0 spiro atoms. The van der Waals surface area contributed by atoms with E-state index in [0.717, 1.165) is 0 Å². The molecule has 0 aromatic rings. The van der Waals surface area contributed by atoms with E-state index in [9.17, 15) is 9.46 Å². The molecule has 0 amide bonds. The van der Waals surface area contributed by atoms with Crippen LogP contribution in [0.1, 0.15) is 0 Å². The molecule has 7 heteroatoms. The fourth-order valence-corrected chi connectivity index (χ4v) is 0.541. The normalized spacial score (nSPS) is 15.5. The molecule has 0 rings (SSSR count). The van der Waals surface area contributed by atoms with Crippen LogP contribution in [0, 0.1) is 0 Å². The van der Waals surface area contributed by atoms with Crippen molar-refractivity contribution >= 4 is 7.82 Å². The SMILES string of the molecule is COCCOP(=O)([O-])O.[Na+]. The van der Waals surface area contributed by atoms with Gasteiger partial charge in [-0.15, -0.1) is 0 Å². The van der Waals surface area contributed by atoms with Crippen LogP contribution in [0.4, 0.5) is 0 Å². The Bertz CT molecular complexity index is 111. The predicted octanol–water partition coefficient (Wildman–Crippen LogP) is -3.89. The standard InChI is InChI=1S/C3H9O5P.Na/c1-7-2-3-8-9(4,5)6;/h2-3H2,1H3,(H2,4,5,6);/q;+1/p-1. The van der Waals surface area contributed by atoms with Gasteiger partial charge in [0.25, 0.3) is 7.82 Å². The summed E-state index contributed by atoms with van der Waals surface area (Å²) in [7, 11) is -3.13. The summed E-state index contributed by atoms with van der Waals surface area (Å²) in [6.07, 6.45) is 0. The van der Waals surface area contributed by atoms with Gasteiger partial charge in [-0.2, -0.15) is 0 Å². The van der Waals surface area contributed by atoms with Crippen molar-refractivity contribution < 1.29 is 53.2 Å². The van der Waals surface area contributed by atoms with E-state index in [1.54, 1.807) is 0 Å². The Morgan fingerprint density at radius 3 is 2.40 bits per heavy atom. The van der Waals surface area contributed by atoms with Gasteiger partial charge >= 0.3 is 29.6 Å². The van der Waals surface area contributed by atoms with E-state index in [0.29, 0.717) is 0 Å². The van der Waals surface area contributed by atoms with E-state index >= 15 is 0 Å². The topological polar surface area (TPSA) is 78.8 Å². The molecule has 56 valence electrons. The van der Waals surface area contributed by atoms with Gasteiger partial charge in [0.15, 0.2) is 0 Å². The number of rotatable bonds is 4. The molecule has 0 aromatic heterocycles. The largest absolute Gasteiger partial charge is 1.00 e. The minimum atomic E-state index is -4.53. The van der Waals surface area contributed by atoms with Gasteiger partial charge in [0.2, 0.25) is 0 Å². The molecule has 1 atom stereocenters. The minimum Gasteiger partial charge on any atom is -0.756 e. The number of phosphoric acid groups is 1. The molecule has 0 aromatic carbocycles. The third-order valence-electron chi connectivity index (χ3n) is 0.542. The van der Waals surface area contributed by atoms with Crippen LogP contribution in [-0.2, 0) is 13.8 Å². The number of hydrogen-bond acceptors (Lipinski definition) is 4. The Morgan fingerprint density at radius 1 is 1.60 bits per heavy atom. The number of ether oxygens (including phenoxy) is 1. The number of methoxy groups -OCH3 is 1. The van der Waals surface area contributed by atoms with Crippen LogP contribution in [0.3, 0.4) is 0 Å². The third kappa shape index (κ3) is 11.8. The van der Waals surface area contributed by atoms with E-state index in [1.165, 1.54) is 7.11 Å². The first kappa shape index (κ1) is 13.6. The second kappa shape index (κ2) is 6.76. The Labute approximate surface area is 81.2 Å². The van der Waals surface area contributed by atoms with Crippen LogP contribution in [0.5, 0.6) is 0 Å². The second-order valence-corrected chi connectivity index (χ2v) is 2.49. The van der Waals surface area contributed by atoms with Gasteiger partial charge in [0, 0.05) is 7.11 Å². The molecule has 0 aliphatic carbocycles. The molecular formula is C3H8NaO5P. The zero-order valence-corrected chi connectivity index (χ0v) is 8.84. The van der Waals surface area contributed by atoms with E-state index < -0.39 is 7.82 Å². The van der Waals surface area contributed by atoms with Crippen molar-refractivity contribution in [2.45, 2.75) is 0 Å². The predicted molar refractivity (Wildman–Crippen MR) is 27.7 cm³/mol. The summed E-state index contributed by atoms with van der Waals surface area (Å²) in [6, 6.07) is 0. The number of hydrogen-bond donors (Lipinski definition) is 1. The van der Waals surface area contributed by atoms with E-state index in [2.05, 4.69) is 9.26 Å². The van der Waals surface area contributed by atoms with Crippen molar-refractivity contribution in [3.05, 3.63) is 0 Å². The molecule has 1 N–H and O–H groups in total. The molecule has 0 fully saturated rings. The van der Waals surface area contributed by atoms with Crippen LogP contribution in [0.2, 0.25) is 0 Å². The van der Waals surface area contributed by atoms with Crippen LogP contribution >= 0.6 is 7.82 Å². The quantitative estimate of drug-likeness (QED) is 0.270. The van der Waals surface area contributed by atoms with Crippen molar-refractivity contribution in [1.82, 2.24) is 0 Å². The van der Waals surface area contributed by atoms with Crippen molar-refractivity contribution in [3.63, 3.8) is 0 Å². The summed E-state index contributed by atoms with van der Waals surface area (Å²) in [6.45, 7) is 0.000563. The Kier molecular flexibility index (Phi) is 9.22. The summed E-state index contributed by atoms with van der Waals surface area (Å²) < 4.78 is 18.2. The maximum absolute atomic E-state index is 9.81. The van der Waals surface area contributed by atoms with Crippen molar-refractivity contribution in [2.24, 2.45) is 0 Å². The second-order valence-electron chi connectivity index (χ2n) is 1.29. The summed E-state index contributed by atoms with van der Waals surface area (Å²) in [4.78, 5) is 17.8. The first-order valence-corrected chi connectivity index (χ1v) is 3.73. The maximum Gasteiger partial charge on any atom is 1.00 e. The summed E-state index contributed by atoms with van der Waals surface area (Å²) in [5.74, 6) is 0. The summed E-state index contributed by atoms with van der Waals surface area (Å²) in [5.41, 5.74) is 0. The van der Waals surface area contributed by atoms with Crippen molar-refractivity contribution in [2.75, 3.05) is 20.3 Å². The molecule has 5 nitrogen and oxygen atoms in total. The summed E-state index contributed by atoms with van der Waals surface area (Å²) >= 11 is 0.